The average molecular weight is 550 g/mol. The van der Waals surface area contributed by atoms with E-state index in [-0.39, 0.29) is 36.3 Å². The van der Waals surface area contributed by atoms with Gasteiger partial charge in [-0.25, -0.2) is 4.39 Å². The number of rotatable bonds is 8. The first kappa shape index (κ1) is 27.3. The Morgan fingerprint density at radius 2 is 1.90 bits per heavy atom. The number of carbonyl (C=O) groups excluding carboxylic acids is 2. The van der Waals surface area contributed by atoms with Gasteiger partial charge in [0.1, 0.15) is 11.6 Å². The molecule has 0 N–H and O–H groups in total. The van der Waals surface area contributed by atoms with E-state index in [2.05, 4.69) is 23.3 Å². The maximum atomic E-state index is 14.1. The van der Waals surface area contributed by atoms with Gasteiger partial charge >= 0.3 is 0 Å². The van der Waals surface area contributed by atoms with Gasteiger partial charge in [-0.3, -0.25) is 14.5 Å². The molecule has 2 aliphatic rings. The minimum absolute atomic E-state index is 0.0260. The molecule has 0 spiro atoms. The van der Waals surface area contributed by atoms with E-state index in [9.17, 15) is 14.0 Å². The molecule has 8 heteroatoms. The Bertz CT molecular complexity index is 1290. The first-order valence-electron chi connectivity index (χ1n) is 13.8. The van der Waals surface area contributed by atoms with Crippen molar-refractivity contribution in [2.24, 2.45) is 0 Å². The molecule has 1 fully saturated rings. The van der Waals surface area contributed by atoms with Crippen molar-refractivity contribution in [3.63, 3.8) is 0 Å². The Labute approximate surface area is 234 Å². The molecule has 3 heterocycles. The fraction of sp³-hybridized carbons (Fsp3) is 0.419. The molecule has 2 aliphatic heterocycles. The highest BCUT2D eigenvalue weighted by Gasteiger charge is 2.34. The molecule has 0 aliphatic carbocycles. The molecule has 206 valence electrons. The monoisotopic (exact) mass is 549 g/mol. The van der Waals surface area contributed by atoms with Crippen molar-refractivity contribution in [2.75, 3.05) is 39.3 Å². The van der Waals surface area contributed by atoms with Crippen LogP contribution in [-0.4, -0.2) is 71.9 Å². The van der Waals surface area contributed by atoms with Crippen LogP contribution in [-0.2, 0) is 11.2 Å². The van der Waals surface area contributed by atoms with Crippen LogP contribution in [0.2, 0.25) is 0 Å². The average Bonchev–Trinajstić information content (AvgIpc) is 3.42. The molecule has 5 rings (SSSR count). The summed E-state index contributed by atoms with van der Waals surface area (Å²) in [5, 5.41) is 2.08. The van der Waals surface area contributed by atoms with Gasteiger partial charge in [0.25, 0.3) is 5.91 Å². The fourth-order valence-corrected chi connectivity index (χ4v) is 6.46. The van der Waals surface area contributed by atoms with Crippen molar-refractivity contribution in [3.8, 4) is 5.75 Å². The van der Waals surface area contributed by atoms with Crippen molar-refractivity contribution in [1.82, 2.24) is 14.7 Å². The molecule has 6 nitrogen and oxygen atoms in total. The summed E-state index contributed by atoms with van der Waals surface area (Å²) < 4.78 is 19.8. The van der Waals surface area contributed by atoms with Crippen LogP contribution < -0.4 is 4.74 Å². The third-order valence-electron chi connectivity index (χ3n) is 7.68. The number of nitrogens with zero attached hydrogens (tertiary/aromatic N) is 3. The van der Waals surface area contributed by atoms with E-state index in [1.807, 2.05) is 47.1 Å². The number of hydrogen-bond acceptors (Lipinski definition) is 5. The van der Waals surface area contributed by atoms with Crippen LogP contribution in [0.3, 0.4) is 0 Å². The lowest BCUT2D eigenvalue weighted by Crippen LogP contribution is -2.57. The van der Waals surface area contributed by atoms with Gasteiger partial charge in [-0.05, 0) is 78.7 Å². The van der Waals surface area contributed by atoms with Gasteiger partial charge < -0.3 is 14.5 Å². The Hall–Kier alpha value is -3.23. The topological polar surface area (TPSA) is 53.1 Å². The van der Waals surface area contributed by atoms with Gasteiger partial charge in [-0.1, -0.05) is 25.5 Å². The standard InChI is InChI=1S/C31H36FN3O3S/c1-3-4-17-38-26-10-8-23(9-11-26)31(37)35-16-15-33(20-22(35)2)29(36)21-34-14-12-28-27(13-18-39-28)30(34)24-6-5-7-25(32)19-24/h5-11,13,18-19,22,30H,3-4,12,14-17,20-21H2,1-2H3/t22-,30-/m0/s1. The number of carbonyl (C=O) groups is 2. The second-order valence-electron chi connectivity index (χ2n) is 10.4. The van der Waals surface area contributed by atoms with Crippen molar-refractivity contribution in [3.05, 3.63) is 87.4 Å². The molecule has 2 atom stereocenters. The normalized spacial score (nSPS) is 19.6. The van der Waals surface area contributed by atoms with Crippen LogP contribution in [0.4, 0.5) is 4.39 Å². The summed E-state index contributed by atoms with van der Waals surface area (Å²) in [4.78, 5) is 33.9. The Morgan fingerprint density at radius 1 is 1.08 bits per heavy atom. The maximum Gasteiger partial charge on any atom is 0.254 e. The summed E-state index contributed by atoms with van der Waals surface area (Å²) in [6.07, 6.45) is 2.96. The van der Waals surface area contributed by atoms with Gasteiger partial charge in [0, 0.05) is 42.7 Å². The van der Waals surface area contributed by atoms with Crippen molar-refractivity contribution >= 4 is 23.2 Å². The first-order valence-corrected chi connectivity index (χ1v) is 14.7. The van der Waals surface area contributed by atoms with E-state index >= 15 is 0 Å². The zero-order valence-electron chi connectivity index (χ0n) is 22.6. The Morgan fingerprint density at radius 3 is 2.64 bits per heavy atom. The molecule has 0 bridgehead atoms. The molecule has 39 heavy (non-hydrogen) atoms. The van der Waals surface area contributed by atoms with Gasteiger partial charge in [0.2, 0.25) is 5.91 Å². The number of unbranched alkanes of at least 4 members (excludes halogenated alkanes) is 1. The number of halogens is 1. The summed E-state index contributed by atoms with van der Waals surface area (Å²) in [7, 11) is 0. The number of ether oxygens (including phenoxy) is 1. The molecule has 0 radical (unpaired) electrons. The largest absolute Gasteiger partial charge is 0.494 e. The lowest BCUT2D eigenvalue weighted by molar-refractivity contribution is -0.135. The summed E-state index contributed by atoms with van der Waals surface area (Å²) >= 11 is 1.72. The summed E-state index contributed by atoms with van der Waals surface area (Å²) in [5.74, 6) is 0.520. The Balaban J connectivity index is 1.21. The molecule has 3 aromatic rings. The van der Waals surface area contributed by atoms with Gasteiger partial charge in [-0.15, -0.1) is 11.3 Å². The van der Waals surface area contributed by atoms with Crippen LogP contribution in [0, 0.1) is 5.82 Å². The van der Waals surface area contributed by atoms with Crippen molar-refractivity contribution in [1.29, 1.82) is 0 Å². The van der Waals surface area contributed by atoms with Crippen LogP contribution >= 0.6 is 11.3 Å². The summed E-state index contributed by atoms with van der Waals surface area (Å²) in [5.41, 5.74) is 2.66. The second kappa shape index (κ2) is 12.3. The summed E-state index contributed by atoms with van der Waals surface area (Å²) in [6, 6.07) is 15.9. The minimum atomic E-state index is -0.269. The highest BCUT2D eigenvalue weighted by atomic mass is 32.1. The van der Waals surface area contributed by atoms with E-state index in [0.717, 1.165) is 42.7 Å². The molecule has 1 saturated heterocycles. The SMILES string of the molecule is CCCCOc1ccc(C(=O)N2CCN(C(=O)CN3CCc4sccc4[C@@H]3c3cccc(F)c3)C[C@@H]2C)cc1. The van der Waals surface area contributed by atoms with Gasteiger partial charge in [0.15, 0.2) is 0 Å². The van der Waals surface area contributed by atoms with Crippen LogP contribution in [0.25, 0.3) is 0 Å². The second-order valence-corrected chi connectivity index (χ2v) is 11.4. The minimum Gasteiger partial charge on any atom is -0.494 e. The highest BCUT2D eigenvalue weighted by molar-refractivity contribution is 7.10. The molecule has 1 aromatic heterocycles. The molecular weight excluding hydrogens is 513 g/mol. The third-order valence-corrected chi connectivity index (χ3v) is 8.67. The van der Waals surface area contributed by atoms with Crippen LogP contribution in [0.15, 0.2) is 60.0 Å². The molecular formula is C31H36FN3O3S. The van der Waals surface area contributed by atoms with Crippen molar-refractivity contribution < 1.29 is 18.7 Å². The van der Waals surface area contributed by atoms with E-state index in [1.165, 1.54) is 10.9 Å². The predicted octanol–water partition coefficient (Wildman–Crippen LogP) is 5.39. The van der Waals surface area contributed by atoms with Gasteiger partial charge in [-0.2, -0.15) is 0 Å². The first-order chi connectivity index (χ1) is 18.9. The quantitative estimate of drug-likeness (QED) is 0.354. The van der Waals surface area contributed by atoms with E-state index in [0.29, 0.717) is 31.8 Å². The van der Waals surface area contributed by atoms with E-state index in [4.69, 9.17) is 4.74 Å². The molecule has 2 aromatic carbocycles. The molecule has 0 saturated carbocycles. The summed E-state index contributed by atoms with van der Waals surface area (Å²) in [6.45, 7) is 7.27. The smallest absolute Gasteiger partial charge is 0.254 e. The molecule has 2 amide bonds. The number of piperazine rings is 1. The number of benzene rings is 2. The number of amides is 2. The van der Waals surface area contributed by atoms with E-state index < -0.39 is 0 Å². The van der Waals surface area contributed by atoms with Crippen LogP contribution in [0.5, 0.6) is 5.75 Å². The maximum absolute atomic E-state index is 14.1. The number of fused-ring (bicyclic) bond motifs is 1. The third kappa shape index (κ3) is 6.17. The lowest BCUT2D eigenvalue weighted by atomic mass is 9.93. The van der Waals surface area contributed by atoms with Crippen LogP contribution in [0.1, 0.15) is 59.1 Å². The zero-order valence-corrected chi connectivity index (χ0v) is 23.5. The fourth-order valence-electron chi connectivity index (χ4n) is 5.56. The zero-order chi connectivity index (χ0) is 27.4. The predicted molar refractivity (Wildman–Crippen MR) is 152 cm³/mol. The number of thiophene rings is 1. The Kier molecular flexibility index (Phi) is 8.63. The molecule has 0 unspecified atom stereocenters. The van der Waals surface area contributed by atoms with Gasteiger partial charge in [0.05, 0.1) is 19.2 Å². The lowest BCUT2D eigenvalue weighted by Gasteiger charge is -2.42. The van der Waals surface area contributed by atoms with Crippen molar-refractivity contribution in [2.45, 2.75) is 45.2 Å². The highest BCUT2D eigenvalue weighted by Crippen LogP contribution is 2.38. The number of hydrogen-bond donors (Lipinski definition) is 0. The van der Waals surface area contributed by atoms with E-state index in [1.54, 1.807) is 23.5 Å².